The molecular formula is C23H24ClNO4S2. The number of thiocarbonyl (C=S) groups is 1. The van der Waals surface area contributed by atoms with Crippen LogP contribution in [0.1, 0.15) is 23.6 Å². The van der Waals surface area contributed by atoms with Gasteiger partial charge in [-0.05, 0) is 60.4 Å². The van der Waals surface area contributed by atoms with E-state index in [1.165, 1.54) is 22.2 Å². The van der Waals surface area contributed by atoms with Gasteiger partial charge in [0.15, 0.2) is 11.5 Å². The van der Waals surface area contributed by atoms with Crippen LogP contribution in [-0.2, 0) is 11.2 Å². The SMILES string of the molecule is CCc1cc(C)cc(OCCOc2c(Cl)cc(C=C3SC(=S)N(C)C3=O)cc2OC)c1. The molecule has 1 aliphatic heterocycles. The van der Waals surface area contributed by atoms with E-state index in [1.807, 2.05) is 19.1 Å². The van der Waals surface area contributed by atoms with Crippen molar-refractivity contribution >= 4 is 51.9 Å². The summed E-state index contributed by atoms with van der Waals surface area (Å²) in [5.41, 5.74) is 3.12. The quantitative estimate of drug-likeness (QED) is 0.284. The predicted octanol–water partition coefficient (Wildman–Crippen LogP) is 5.51. The number of nitrogens with zero attached hydrogens (tertiary/aromatic N) is 1. The van der Waals surface area contributed by atoms with Crippen molar-refractivity contribution in [1.82, 2.24) is 4.90 Å². The molecule has 31 heavy (non-hydrogen) atoms. The maximum Gasteiger partial charge on any atom is 0.265 e. The Morgan fingerprint density at radius 2 is 1.90 bits per heavy atom. The molecule has 8 heteroatoms. The van der Waals surface area contributed by atoms with Crippen LogP contribution in [0.2, 0.25) is 5.02 Å². The Bertz CT molecular complexity index is 1040. The number of aryl methyl sites for hydroxylation is 2. The van der Waals surface area contributed by atoms with Crippen LogP contribution < -0.4 is 14.2 Å². The molecule has 164 valence electrons. The van der Waals surface area contributed by atoms with Crippen LogP contribution in [0, 0.1) is 6.92 Å². The highest BCUT2D eigenvalue weighted by molar-refractivity contribution is 8.26. The molecule has 0 bridgehead atoms. The van der Waals surface area contributed by atoms with Gasteiger partial charge in [0.2, 0.25) is 0 Å². The van der Waals surface area contributed by atoms with Gasteiger partial charge in [0.1, 0.15) is 23.3 Å². The summed E-state index contributed by atoms with van der Waals surface area (Å²) in [5.74, 6) is 1.60. The molecule has 0 unspecified atom stereocenters. The minimum absolute atomic E-state index is 0.134. The summed E-state index contributed by atoms with van der Waals surface area (Å²) in [7, 11) is 3.20. The molecule has 2 aromatic rings. The first kappa shape index (κ1) is 23.4. The monoisotopic (exact) mass is 477 g/mol. The molecule has 0 aromatic heterocycles. The number of ether oxygens (including phenoxy) is 3. The maximum absolute atomic E-state index is 12.2. The Morgan fingerprint density at radius 1 is 1.16 bits per heavy atom. The van der Waals surface area contributed by atoms with E-state index in [2.05, 4.69) is 13.0 Å². The molecule has 1 saturated heterocycles. The average molecular weight is 478 g/mol. The molecule has 1 amide bonds. The predicted molar refractivity (Wildman–Crippen MR) is 130 cm³/mol. The van der Waals surface area contributed by atoms with Crippen LogP contribution in [0.5, 0.6) is 17.2 Å². The number of hydrogen-bond acceptors (Lipinski definition) is 6. The molecule has 0 atom stereocenters. The van der Waals surface area contributed by atoms with E-state index in [9.17, 15) is 4.79 Å². The molecule has 3 rings (SSSR count). The van der Waals surface area contributed by atoms with Gasteiger partial charge in [0, 0.05) is 7.05 Å². The van der Waals surface area contributed by atoms with Gasteiger partial charge in [-0.15, -0.1) is 0 Å². The van der Waals surface area contributed by atoms with Crippen LogP contribution in [0.25, 0.3) is 6.08 Å². The minimum atomic E-state index is -0.134. The molecular weight excluding hydrogens is 454 g/mol. The van der Waals surface area contributed by atoms with E-state index >= 15 is 0 Å². The number of carbonyl (C=O) groups is 1. The van der Waals surface area contributed by atoms with Gasteiger partial charge in [-0.25, -0.2) is 0 Å². The Balaban J connectivity index is 1.68. The number of carbonyl (C=O) groups excluding carboxylic acids is 1. The molecule has 0 spiro atoms. The molecule has 1 heterocycles. The van der Waals surface area contributed by atoms with E-state index in [4.69, 9.17) is 38.0 Å². The Hall–Kier alpha value is -2.22. The van der Waals surface area contributed by atoms with Gasteiger partial charge >= 0.3 is 0 Å². The highest BCUT2D eigenvalue weighted by atomic mass is 35.5. The fourth-order valence-corrected chi connectivity index (χ4v) is 4.53. The third-order valence-corrected chi connectivity index (χ3v) is 6.42. The molecule has 2 aromatic carbocycles. The number of halogens is 1. The largest absolute Gasteiger partial charge is 0.493 e. The van der Waals surface area contributed by atoms with Crippen molar-refractivity contribution in [1.29, 1.82) is 0 Å². The summed E-state index contributed by atoms with van der Waals surface area (Å²) in [6, 6.07) is 9.69. The maximum atomic E-state index is 12.2. The molecule has 0 radical (unpaired) electrons. The van der Waals surface area contributed by atoms with Crippen LogP contribution in [0.3, 0.4) is 0 Å². The Labute approximate surface area is 197 Å². The first-order valence-corrected chi connectivity index (χ1v) is 11.4. The van der Waals surface area contributed by atoms with Crippen LogP contribution in [-0.4, -0.2) is 42.5 Å². The van der Waals surface area contributed by atoms with Crippen molar-refractivity contribution in [3.05, 3.63) is 56.9 Å². The molecule has 5 nitrogen and oxygen atoms in total. The lowest BCUT2D eigenvalue weighted by Crippen LogP contribution is -2.22. The highest BCUT2D eigenvalue weighted by Crippen LogP contribution is 2.38. The van der Waals surface area contributed by atoms with Crippen LogP contribution in [0.4, 0.5) is 0 Å². The Morgan fingerprint density at radius 3 is 2.55 bits per heavy atom. The molecule has 0 saturated carbocycles. The smallest absolute Gasteiger partial charge is 0.265 e. The molecule has 0 N–H and O–H groups in total. The summed E-state index contributed by atoms with van der Waals surface area (Å²) in [6.45, 7) is 4.84. The van der Waals surface area contributed by atoms with E-state index < -0.39 is 0 Å². The van der Waals surface area contributed by atoms with Gasteiger partial charge in [-0.3, -0.25) is 9.69 Å². The molecule has 0 aliphatic carbocycles. The third-order valence-electron chi connectivity index (χ3n) is 4.65. The highest BCUT2D eigenvalue weighted by Gasteiger charge is 2.28. The fraction of sp³-hybridized carbons (Fsp3) is 0.304. The van der Waals surface area contributed by atoms with E-state index in [1.54, 1.807) is 32.4 Å². The fourth-order valence-electron chi connectivity index (χ4n) is 3.08. The van der Waals surface area contributed by atoms with Crippen molar-refractivity contribution < 1.29 is 19.0 Å². The first-order chi connectivity index (χ1) is 14.8. The number of rotatable bonds is 8. The van der Waals surface area contributed by atoms with Gasteiger partial charge in [-0.2, -0.15) is 0 Å². The second-order valence-electron chi connectivity index (χ2n) is 6.98. The summed E-state index contributed by atoms with van der Waals surface area (Å²) < 4.78 is 17.7. The minimum Gasteiger partial charge on any atom is -0.493 e. The molecule has 1 aliphatic rings. The number of likely N-dealkylation sites (N-methyl/N-ethyl adjacent to an activating group) is 1. The summed E-state index contributed by atoms with van der Waals surface area (Å²) in [6.07, 6.45) is 2.70. The van der Waals surface area contributed by atoms with Gasteiger partial charge in [0.25, 0.3) is 5.91 Å². The zero-order valence-electron chi connectivity index (χ0n) is 17.9. The first-order valence-electron chi connectivity index (χ1n) is 9.77. The average Bonchev–Trinajstić information content (AvgIpc) is 2.98. The number of benzene rings is 2. The van der Waals surface area contributed by atoms with Crippen molar-refractivity contribution in [2.75, 3.05) is 27.4 Å². The Kier molecular flexibility index (Phi) is 7.86. The lowest BCUT2D eigenvalue weighted by atomic mass is 10.1. The second kappa shape index (κ2) is 10.4. The van der Waals surface area contributed by atoms with Crippen molar-refractivity contribution in [3.8, 4) is 17.2 Å². The van der Waals surface area contributed by atoms with E-state index in [0.717, 1.165) is 23.3 Å². The van der Waals surface area contributed by atoms with Gasteiger partial charge < -0.3 is 14.2 Å². The molecule has 1 fully saturated rings. The number of hydrogen-bond donors (Lipinski definition) is 0. The zero-order valence-corrected chi connectivity index (χ0v) is 20.2. The normalized spacial score (nSPS) is 15.0. The van der Waals surface area contributed by atoms with Crippen LogP contribution >= 0.6 is 35.6 Å². The summed E-state index contributed by atoms with van der Waals surface area (Å²) in [4.78, 5) is 14.2. The van der Waals surface area contributed by atoms with E-state index in [0.29, 0.717) is 39.0 Å². The number of amides is 1. The van der Waals surface area contributed by atoms with Gasteiger partial charge in [0.05, 0.1) is 17.0 Å². The third kappa shape index (κ3) is 5.73. The van der Waals surface area contributed by atoms with Crippen molar-refractivity contribution in [2.24, 2.45) is 0 Å². The lowest BCUT2D eigenvalue weighted by Gasteiger charge is -2.14. The summed E-state index contributed by atoms with van der Waals surface area (Å²) in [5, 5.41) is 0.390. The number of thioether (sulfide) groups is 1. The van der Waals surface area contributed by atoms with Crippen molar-refractivity contribution in [3.63, 3.8) is 0 Å². The van der Waals surface area contributed by atoms with Gasteiger partial charge in [-0.1, -0.05) is 48.6 Å². The van der Waals surface area contributed by atoms with Crippen LogP contribution in [0.15, 0.2) is 35.2 Å². The number of methoxy groups -OCH3 is 1. The summed E-state index contributed by atoms with van der Waals surface area (Å²) >= 11 is 12.9. The standard InChI is InChI=1S/C23H24ClNO4S2/c1-5-15-8-14(2)9-17(10-15)28-6-7-29-21-18(24)11-16(12-19(21)27-4)13-20-22(26)25(3)23(30)31-20/h8-13H,5-7H2,1-4H3. The second-order valence-corrected chi connectivity index (χ2v) is 9.06. The topological polar surface area (TPSA) is 48.0 Å². The van der Waals surface area contributed by atoms with Crippen molar-refractivity contribution in [2.45, 2.75) is 20.3 Å². The van der Waals surface area contributed by atoms with E-state index in [-0.39, 0.29) is 5.91 Å². The zero-order chi connectivity index (χ0) is 22.5. The lowest BCUT2D eigenvalue weighted by molar-refractivity contribution is -0.121.